The molecule has 246 valence electrons. The van der Waals surface area contributed by atoms with E-state index in [1.807, 2.05) is 30.3 Å². The number of carbonyl (C=O) groups is 3. The number of aromatic hydroxyl groups is 1. The molecule has 2 rings (SSSR count). The number of hydrogen-bond acceptors (Lipinski definition) is 7. The van der Waals surface area contributed by atoms with Gasteiger partial charge in [0.1, 0.15) is 19.6 Å². The van der Waals surface area contributed by atoms with E-state index in [0.29, 0.717) is 29.5 Å². The Morgan fingerprint density at radius 1 is 0.958 bits per heavy atom. The molecule has 0 aliphatic heterocycles. The fraction of sp³-hybridized carbons (Fsp3) is 0.484. The summed E-state index contributed by atoms with van der Waals surface area (Å²) >= 11 is 0. The molecule has 0 unspecified atom stereocenters. The molecular formula is C31H43B5N8O4. The molecule has 12 nitrogen and oxygen atoms in total. The fourth-order valence-electron chi connectivity index (χ4n) is 5.06. The molecule has 2 aromatic rings. The van der Waals surface area contributed by atoms with Crippen molar-refractivity contribution in [3.63, 3.8) is 0 Å². The first kappa shape index (κ1) is 40.3. The zero-order chi connectivity index (χ0) is 36.3. The maximum Gasteiger partial charge on any atom is 0.243 e. The maximum absolute atomic E-state index is 14.1. The van der Waals surface area contributed by atoms with Gasteiger partial charge in [0.05, 0.1) is 42.9 Å². The summed E-state index contributed by atoms with van der Waals surface area (Å²) in [5, 5.41) is 14.0. The van der Waals surface area contributed by atoms with E-state index < -0.39 is 52.1 Å². The highest BCUT2D eigenvalue weighted by Crippen LogP contribution is 2.46. The summed E-state index contributed by atoms with van der Waals surface area (Å²) in [6.45, 7) is 3.51. The van der Waals surface area contributed by atoms with Gasteiger partial charge in [-0.05, 0) is 80.5 Å². The lowest BCUT2D eigenvalue weighted by molar-refractivity contribution is -0.133. The Kier molecular flexibility index (Phi) is 14.7. The van der Waals surface area contributed by atoms with Crippen molar-refractivity contribution in [2.45, 2.75) is 73.9 Å². The van der Waals surface area contributed by atoms with Crippen molar-refractivity contribution in [2.75, 3.05) is 19.6 Å². The molecule has 0 saturated carbocycles. The van der Waals surface area contributed by atoms with Crippen molar-refractivity contribution in [2.24, 2.45) is 27.9 Å². The van der Waals surface area contributed by atoms with Gasteiger partial charge in [-0.25, -0.2) is 0 Å². The van der Waals surface area contributed by atoms with Gasteiger partial charge in [-0.15, -0.1) is 5.21 Å². The minimum Gasteiger partial charge on any atom is -0.508 e. The van der Waals surface area contributed by atoms with Gasteiger partial charge in [0, 0.05) is 19.5 Å². The third-order valence-corrected chi connectivity index (χ3v) is 8.10. The van der Waals surface area contributed by atoms with Crippen LogP contribution in [0.25, 0.3) is 0 Å². The quantitative estimate of drug-likeness (QED) is 0.0391. The van der Waals surface area contributed by atoms with Crippen molar-refractivity contribution >= 4 is 62.9 Å². The molecule has 12 N–H and O–H groups in total. The van der Waals surface area contributed by atoms with Crippen LogP contribution in [-0.4, -0.2) is 105 Å². The van der Waals surface area contributed by atoms with Gasteiger partial charge in [-0.3, -0.25) is 19.4 Å². The molecule has 3 atom stereocenters. The van der Waals surface area contributed by atoms with E-state index in [4.69, 9.17) is 62.2 Å². The Labute approximate surface area is 289 Å². The Hall–Kier alpha value is -3.84. The number of amides is 3. The van der Waals surface area contributed by atoms with Gasteiger partial charge in [0.25, 0.3) is 0 Å². The Morgan fingerprint density at radius 2 is 1.56 bits per heavy atom. The Morgan fingerprint density at radius 3 is 2.12 bits per heavy atom. The third-order valence-electron chi connectivity index (χ3n) is 8.10. The van der Waals surface area contributed by atoms with Crippen LogP contribution in [-0.2, 0) is 27.2 Å². The van der Waals surface area contributed by atoms with Gasteiger partial charge in [0.2, 0.25) is 17.7 Å². The number of nitrogens with zero attached hydrogens (tertiary/aromatic N) is 1. The number of guanidine groups is 1. The molecule has 0 saturated heterocycles. The van der Waals surface area contributed by atoms with Crippen LogP contribution < -0.4 is 38.9 Å². The van der Waals surface area contributed by atoms with E-state index in [0.717, 1.165) is 5.56 Å². The van der Waals surface area contributed by atoms with Crippen molar-refractivity contribution in [1.82, 2.24) is 16.0 Å². The molecule has 0 heterocycles. The molecule has 10 radical (unpaired) electrons. The third kappa shape index (κ3) is 11.7. The van der Waals surface area contributed by atoms with E-state index in [9.17, 15) is 19.5 Å². The molecule has 0 aliphatic carbocycles. The van der Waals surface area contributed by atoms with E-state index in [-0.39, 0.29) is 44.2 Å². The first-order valence-electron chi connectivity index (χ1n) is 15.5. The van der Waals surface area contributed by atoms with Crippen molar-refractivity contribution in [1.29, 1.82) is 0 Å². The summed E-state index contributed by atoms with van der Waals surface area (Å²) in [4.78, 5) is 44.9. The second-order valence-corrected chi connectivity index (χ2v) is 12.3. The molecule has 0 spiro atoms. The zero-order valence-corrected chi connectivity index (χ0v) is 27.7. The van der Waals surface area contributed by atoms with Crippen LogP contribution in [0.3, 0.4) is 0 Å². The summed E-state index contributed by atoms with van der Waals surface area (Å²) in [5.74, 6) is -2.40. The number of hydrogen-bond donors (Lipinski definition) is 8. The number of nitrogens with one attached hydrogen (secondary N) is 3. The van der Waals surface area contributed by atoms with Gasteiger partial charge in [-0.1, -0.05) is 35.5 Å². The largest absolute Gasteiger partial charge is 0.508 e. The van der Waals surface area contributed by atoms with E-state index >= 15 is 0 Å². The van der Waals surface area contributed by atoms with Crippen molar-refractivity contribution < 1.29 is 19.5 Å². The molecular weight excluding hydrogens is 602 g/mol. The topological polar surface area (TPSA) is 224 Å². The second kappa shape index (κ2) is 17.5. The first-order chi connectivity index (χ1) is 22.3. The van der Waals surface area contributed by atoms with Crippen LogP contribution in [0, 0.1) is 13.8 Å². The monoisotopic (exact) mass is 646 g/mol. The number of nitrogens with two attached hydrogens (primary N) is 4. The van der Waals surface area contributed by atoms with E-state index in [1.54, 1.807) is 13.8 Å². The van der Waals surface area contributed by atoms with Crippen molar-refractivity contribution in [3.8, 4) is 5.75 Å². The summed E-state index contributed by atoms with van der Waals surface area (Å²) in [5.41, 5.74) is 23.2. The fourth-order valence-corrected chi connectivity index (χ4v) is 5.06. The summed E-state index contributed by atoms with van der Waals surface area (Å²) in [6.07, 6.45) is 0.349. The minimum atomic E-state index is -2.28. The van der Waals surface area contributed by atoms with Crippen LogP contribution >= 0.6 is 0 Å². The number of aryl methyl sites for hydroxylation is 2. The van der Waals surface area contributed by atoms with Gasteiger partial charge >= 0.3 is 0 Å². The first-order valence-corrected chi connectivity index (χ1v) is 15.5. The predicted molar refractivity (Wildman–Crippen MR) is 193 cm³/mol. The number of phenols is 1. The lowest BCUT2D eigenvalue weighted by atomic mass is 9.27. The molecule has 0 bridgehead atoms. The number of aliphatic imine (C=N–C) groups is 1. The SMILES string of the molecule is [B]C([B])(CN)C([B])([B])C[C@]([B])(NC(=O)[C@H](Cc1c(C)cc(O)cc1C)NC(=O)[C@H](N)CCCN=C(N)N)C(=O)NCCc1ccccc1. The highest BCUT2D eigenvalue weighted by molar-refractivity contribution is 6.54. The smallest absolute Gasteiger partial charge is 0.243 e. The van der Waals surface area contributed by atoms with Gasteiger partial charge in [-0.2, -0.15) is 0 Å². The molecule has 0 fully saturated rings. The summed E-state index contributed by atoms with van der Waals surface area (Å²) in [6, 6.07) is 10.1. The maximum atomic E-state index is 14.1. The minimum absolute atomic E-state index is 0.0314. The highest BCUT2D eigenvalue weighted by Gasteiger charge is 2.44. The number of benzene rings is 2. The number of carbonyl (C=O) groups excluding carboxylic acids is 3. The lowest BCUT2D eigenvalue weighted by Crippen LogP contribution is -2.65. The number of phenolic OH excluding ortho intramolecular Hbond substituents is 1. The van der Waals surface area contributed by atoms with Crippen LogP contribution in [0.4, 0.5) is 0 Å². The predicted octanol–water partition coefficient (Wildman–Crippen LogP) is -1.99. The molecule has 0 aromatic heterocycles. The highest BCUT2D eigenvalue weighted by atomic mass is 16.3. The van der Waals surface area contributed by atoms with Crippen LogP contribution in [0.2, 0.25) is 10.4 Å². The van der Waals surface area contributed by atoms with Gasteiger partial charge < -0.3 is 44.0 Å². The standard InChI is InChI=1S/C31H43B5N8O4/c1-18-13-21(45)14-19(2)22(18)15-24(43-25(46)23(38)9-6-11-42-28(39)40)26(47)44-29(32,16-30(33,34)31(35,36)17-37)27(48)41-12-10-20-7-4-3-5-8-20/h3-5,7-8,13-14,23-24,45H,6,9-12,15-17,37-38H2,1-2H3,(H,41,48)(H,43,46)(H,44,47)(H4,39,40,42)/t23-,24+,29+/m1/s1. The second-order valence-electron chi connectivity index (χ2n) is 12.3. The van der Waals surface area contributed by atoms with Crippen LogP contribution in [0.15, 0.2) is 47.5 Å². The number of rotatable bonds is 18. The van der Waals surface area contributed by atoms with E-state index in [1.165, 1.54) is 12.1 Å². The zero-order valence-electron chi connectivity index (χ0n) is 27.7. The molecule has 0 aliphatic rings. The molecule has 17 heteroatoms. The average molecular weight is 646 g/mol. The Bertz CT molecular complexity index is 1420. The van der Waals surface area contributed by atoms with E-state index in [2.05, 4.69) is 20.9 Å². The average Bonchev–Trinajstić information content (AvgIpc) is 3.00. The summed E-state index contributed by atoms with van der Waals surface area (Å²) in [7, 11) is 31.3. The molecule has 3 amide bonds. The summed E-state index contributed by atoms with van der Waals surface area (Å²) < 4.78 is 0. The Balaban J connectivity index is 2.43. The van der Waals surface area contributed by atoms with Crippen LogP contribution in [0.1, 0.15) is 41.5 Å². The van der Waals surface area contributed by atoms with Crippen molar-refractivity contribution in [3.05, 3.63) is 64.7 Å². The van der Waals surface area contributed by atoms with Crippen LogP contribution in [0.5, 0.6) is 5.75 Å². The molecule has 48 heavy (non-hydrogen) atoms. The normalized spacial score (nSPS) is 14.2. The molecule has 2 aromatic carbocycles. The van der Waals surface area contributed by atoms with Gasteiger partial charge in [0.15, 0.2) is 5.96 Å². The lowest BCUT2D eigenvalue weighted by Gasteiger charge is -2.48.